The molecule has 1 rings (SSSR count). The lowest BCUT2D eigenvalue weighted by molar-refractivity contribution is 0.146. The lowest BCUT2D eigenvalue weighted by Gasteiger charge is -2.18. The molecule has 3 nitrogen and oxygen atoms in total. The first-order valence-corrected chi connectivity index (χ1v) is 5.85. The maximum absolute atomic E-state index is 10.9. The summed E-state index contributed by atoms with van der Waals surface area (Å²) in [6.45, 7) is 1.03. The smallest absolute Gasteiger partial charge is 0.407 e. The van der Waals surface area contributed by atoms with Crippen LogP contribution in [0.3, 0.4) is 0 Å². The van der Waals surface area contributed by atoms with Crippen LogP contribution in [0.4, 0.5) is 4.79 Å². The van der Waals surface area contributed by atoms with Crippen LogP contribution in [0.15, 0.2) is 30.3 Å². The summed E-state index contributed by atoms with van der Waals surface area (Å²) in [4.78, 5) is 12.3. The summed E-state index contributed by atoms with van der Waals surface area (Å²) >= 11 is 5.55. The van der Waals surface area contributed by atoms with Crippen LogP contribution in [0.2, 0.25) is 0 Å². The minimum atomic E-state index is -0.874. The Bertz CT molecular complexity index is 316. The molecule has 0 saturated heterocycles. The van der Waals surface area contributed by atoms with E-state index in [0.717, 1.165) is 12.0 Å². The molecule has 88 valence electrons. The molecule has 0 aliphatic heterocycles. The highest BCUT2D eigenvalue weighted by molar-refractivity contribution is 6.17. The zero-order valence-electron chi connectivity index (χ0n) is 9.10. The van der Waals surface area contributed by atoms with Gasteiger partial charge in [-0.25, -0.2) is 4.79 Å². The fourth-order valence-electron chi connectivity index (χ4n) is 1.46. The van der Waals surface area contributed by atoms with Crippen LogP contribution in [0.5, 0.6) is 0 Å². The van der Waals surface area contributed by atoms with Crippen LogP contribution in [0.25, 0.3) is 0 Å². The fourth-order valence-corrected chi connectivity index (χ4v) is 1.58. The molecule has 0 bridgehead atoms. The largest absolute Gasteiger partial charge is 0.465 e. The highest BCUT2D eigenvalue weighted by Crippen LogP contribution is 2.02. The molecular weight excluding hydrogens is 226 g/mol. The van der Waals surface area contributed by atoms with Crippen LogP contribution >= 0.6 is 11.6 Å². The van der Waals surface area contributed by atoms with Crippen LogP contribution in [-0.2, 0) is 6.42 Å². The summed E-state index contributed by atoms with van der Waals surface area (Å²) in [6, 6.07) is 9.87. The molecule has 16 heavy (non-hydrogen) atoms. The van der Waals surface area contributed by atoms with Crippen molar-refractivity contribution in [3.8, 4) is 0 Å². The molecule has 0 heterocycles. The molecule has 0 aromatic heterocycles. The van der Waals surface area contributed by atoms with Gasteiger partial charge in [-0.1, -0.05) is 30.3 Å². The first-order chi connectivity index (χ1) is 7.74. The van der Waals surface area contributed by atoms with Gasteiger partial charge in [0.2, 0.25) is 0 Å². The first-order valence-electron chi connectivity index (χ1n) is 5.32. The average Bonchev–Trinajstić information content (AvgIpc) is 2.30. The maximum Gasteiger partial charge on any atom is 0.407 e. The van der Waals surface area contributed by atoms with Gasteiger partial charge in [-0.2, -0.15) is 0 Å². The van der Waals surface area contributed by atoms with E-state index in [1.165, 1.54) is 4.90 Å². The minimum Gasteiger partial charge on any atom is -0.465 e. The Morgan fingerprint density at radius 2 is 1.94 bits per heavy atom. The number of hydrogen-bond donors (Lipinski definition) is 1. The van der Waals surface area contributed by atoms with Gasteiger partial charge in [-0.3, -0.25) is 0 Å². The average molecular weight is 242 g/mol. The molecule has 1 aromatic carbocycles. The van der Waals surface area contributed by atoms with Gasteiger partial charge in [0.15, 0.2) is 0 Å². The first kappa shape index (κ1) is 12.8. The zero-order valence-corrected chi connectivity index (χ0v) is 9.86. The van der Waals surface area contributed by atoms with Gasteiger partial charge < -0.3 is 10.0 Å². The fraction of sp³-hybridized carbons (Fsp3) is 0.417. The van der Waals surface area contributed by atoms with Gasteiger partial charge in [-0.15, -0.1) is 11.6 Å². The van der Waals surface area contributed by atoms with E-state index >= 15 is 0 Å². The SMILES string of the molecule is O=C(O)N(CCCCl)CCc1ccccc1. The molecule has 1 amide bonds. The van der Waals surface area contributed by atoms with Crippen molar-refractivity contribution in [1.29, 1.82) is 0 Å². The standard InChI is InChI=1S/C12H16ClNO2/c13-8-4-9-14(12(15)16)10-7-11-5-2-1-3-6-11/h1-3,5-6H,4,7-10H2,(H,15,16). The number of hydrogen-bond acceptors (Lipinski definition) is 1. The van der Waals surface area contributed by atoms with Gasteiger partial charge in [-0.05, 0) is 18.4 Å². The van der Waals surface area contributed by atoms with E-state index in [1.54, 1.807) is 0 Å². The van der Waals surface area contributed by atoms with E-state index in [0.29, 0.717) is 25.4 Å². The molecule has 0 fully saturated rings. The van der Waals surface area contributed by atoms with Gasteiger partial charge in [0.1, 0.15) is 0 Å². The third-order valence-corrected chi connectivity index (χ3v) is 2.61. The Hall–Kier alpha value is -1.22. The van der Waals surface area contributed by atoms with Crippen molar-refractivity contribution < 1.29 is 9.90 Å². The predicted octanol–water partition coefficient (Wildman–Crippen LogP) is 2.84. The lowest BCUT2D eigenvalue weighted by Crippen LogP contribution is -2.32. The van der Waals surface area contributed by atoms with E-state index in [2.05, 4.69) is 0 Å². The number of amides is 1. The summed E-state index contributed by atoms with van der Waals surface area (Å²) in [5.41, 5.74) is 1.15. The minimum absolute atomic E-state index is 0.495. The van der Waals surface area contributed by atoms with E-state index in [4.69, 9.17) is 16.7 Å². The van der Waals surface area contributed by atoms with Crippen molar-refractivity contribution in [2.45, 2.75) is 12.8 Å². The van der Waals surface area contributed by atoms with E-state index in [9.17, 15) is 4.79 Å². The molecule has 0 saturated carbocycles. The third-order valence-electron chi connectivity index (χ3n) is 2.35. The Morgan fingerprint density at radius 3 is 2.50 bits per heavy atom. The Kier molecular flexibility index (Phi) is 5.72. The lowest BCUT2D eigenvalue weighted by atomic mass is 10.1. The normalized spacial score (nSPS) is 10.1. The summed E-state index contributed by atoms with van der Waals surface area (Å²) < 4.78 is 0. The second kappa shape index (κ2) is 7.12. The van der Waals surface area contributed by atoms with Crippen molar-refractivity contribution in [2.24, 2.45) is 0 Å². The van der Waals surface area contributed by atoms with Crippen LogP contribution in [0.1, 0.15) is 12.0 Å². The topological polar surface area (TPSA) is 40.5 Å². The highest BCUT2D eigenvalue weighted by Gasteiger charge is 2.10. The van der Waals surface area contributed by atoms with Crippen molar-refractivity contribution in [2.75, 3.05) is 19.0 Å². The molecule has 0 aliphatic carbocycles. The summed E-state index contributed by atoms with van der Waals surface area (Å²) in [7, 11) is 0. The number of halogens is 1. The zero-order chi connectivity index (χ0) is 11.8. The number of alkyl halides is 1. The second-order valence-corrected chi connectivity index (χ2v) is 3.93. The molecule has 0 aliphatic rings. The number of rotatable bonds is 6. The third kappa shape index (κ3) is 4.53. The predicted molar refractivity (Wildman–Crippen MR) is 65.1 cm³/mol. The monoisotopic (exact) mass is 241 g/mol. The summed E-state index contributed by atoms with van der Waals surface area (Å²) in [5, 5.41) is 8.96. The van der Waals surface area contributed by atoms with E-state index < -0.39 is 6.09 Å². The summed E-state index contributed by atoms with van der Waals surface area (Å²) in [6.07, 6.45) is 0.569. The molecule has 0 radical (unpaired) electrons. The molecule has 1 aromatic rings. The van der Waals surface area contributed by atoms with Gasteiger partial charge in [0.25, 0.3) is 0 Å². The van der Waals surface area contributed by atoms with Gasteiger partial charge in [0.05, 0.1) is 0 Å². The molecule has 0 unspecified atom stereocenters. The molecule has 0 atom stereocenters. The van der Waals surface area contributed by atoms with E-state index in [-0.39, 0.29) is 0 Å². The van der Waals surface area contributed by atoms with Crippen molar-refractivity contribution in [1.82, 2.24) is 4.90 Å². The van der Waals surface area contributed by atoms with Crippen LogP contribution in [-0.4, -0.2) is 35.1 Å². The van der Waals surface area contributed by atoms with Crippen molar-refractivity contribution in [3.63, 3.8) is 0 Å². The van der Waals surface area contributed by atoms with Crippen LogP contribution in [0, 0.1) is 0 Å². The van der Waals surface area contributed by atoms with E-state index in [1.807, 2.05) is 30.3 Å². The van der Waals surface area contributed by atoms with Crippen molar-refractivity contribution >= 4 is 17.7 Å². The summed E-state index contributed by atoms with van der Waals surface area (Å²) in [5.74, 6) is 0.495. The Labute approximate surface area is 101 Å². The number of nitrogens with zero attached hydrogens (tertiary/aromatic N) is 1. The Morgan fingerprint density at radius 1 is 1.25 bits per heavy atom. The highest BCUT2D eigenvalue weighted by atomic mass is 35.5. The number of benzene rings is 1. The molecule has 4 heteroatoms. The van der Waals surface area contributed by atoms with Crippen LogP contribution < -0.4 is 0 Å². The molecule has 1 N–H and O–H groups in total. The van der Waals surface area contributed by atoms with Gasteiger partial charge in [0, 0.05) is 19.0 Å². The number of carbonyl (C=O) groups is 1. The molecular formula is C12H16ClNO2. The van der Waals surface area contributed by atoms with Crippen molar-refractivity contribution in [3.05, 3.63) is 35.9 Å². The maximum atomic E-state index is 10.9. The molecule has 0 spiro atoms. The quantitative estimate of drug-likeness (QED) is 0.778. The second-order valence-electron chi connectivity index (χ2n) is 3.55. The number of carboxylic acid groups (broad SMARTS) is 1. The van der Waals surface area contributed by atoms with Gasteiger partial charge >= 0.3 is 6.09 Å². The Balaban J connectivity index is 2.41.